The van der Waals surface area contributed by atoms with Gasteiger partial charge in [0.15, 0.2) is 11.5 Å². The summed E-state index contributed by atoms with van der Waals surface area (Å²) in [4.78, 5) is 0. The maximum absolute atomic E-state index is 9.88. The lowest BCUT2D eigenvalue weighted by Gasteiger charge is -2.39. The van der Waals surface area contributed by atoms with Crippen molar-refractivity contribution in [3.05, 3.63) is 23.8 Å². The summed E-state index contributed by atoms with van der Waals surface area (Å²) in [6.07, 6.45) is -6.70. The summed E-state index contributed by atoms with van der Waals surface area (Å²) in [5.74, 6) is -0.214. The van der Waals surface area contributed by atoms with Crippen molar-refractivity contribution in [2.75, 3.05) is 13.2 Å². The Labute approximate surface area is 126 Å². The van der Waals surface area contributed by atoms with Gasteiger partial charge in [-0.3, -0.25) is 0 Å². The molecule has 0 amide bonds. The minimum atomic E-state index is -1.56. The molecule has 1 heterocycles. The van der Waals surface area contributed by atoms with Crippen LogP contribution < -0.4 is 4.74 Å². The Hall–Kier alpha value is -1.42. The number of benzene rings is 1. The van der Waals surface area contributed by atoms with Gasteiger partial charge >= 0.3 is 0 Å². The lowest BCUT2D eigenvalue weighted by atomic mass is 9.99. The first-order chi connectivity index (χ1) is 10.5. The highest BCUT2D eigenvalue weighted by Gasteiger charge is 2.44. The van der Waals surface area contributed by atoms with E-state index in [4.69, 9.17) is 19.7 Å². The van der Waals surface area contributed by atoms with Crippen molar-refractivity contribution < 1.29 is 40.1 Å². The van der Waals surface area contributed by atoms with Gasteiger partial charge in [0.25, 0.3) is 0 Å². The molecular formula is C14H20O8. The maximum atomic E-state index is 9.88. The average molecular weight is 316 g/mol. The maximum Gasteiger partial charge on any atom is 0.229 e. The molecule has 1 aliphatic rings. The molecular weight excluding hydrogens is 296 g/mol. The van der Waals surface area contributed by atoms with Crippen LogP contribution in [-0.2, 0) is 11.2 Å². The van der Waals surface area contributed by atoms with Crippen LogP contribution in [0.3, 0.4) is 0 Å². The number of rotatable bonds is 5. The number of hydrogen-bond acceptors (Lipinski definition) is 8. The molecule has 1 aromatic carbocycles. The van der Waals surface area contributed by atoms with E-state index in [0.29, 0.717) is 12.0 Å². The van der Waals surface area contributed by atoms with Crippen molar-refractivity contribution in [1.29, 1.82) is 0 Å². The summed E-state index contributed by atoms with van der Waals surface area (Å²) >= 11 is 0. The van der Waals surface area contributed by atoms with E-state index in [1.54, 1.807) is 6.07 Å². The number of aliphatic hydroxyl groups is 5. The number of ether oxygens (including phenoxy) is 2. The zero-order chi connectivity index (χ0) is 16.3. The van der Waals surface area contributed by atoms with Crippen molar-refractivity contribution >= 4 is 0 Å². The van der Waals surface area contributed by atoms with Crippen LogP contribution >= 0.6 is 0 Å². The lowest BCUT2D eigenvalue weighted by molar-refractivity contribution is -0.277. The third kappa shape index (κ3) is 3.49. The number of phenolic OH excluding ortho intramolecular Hbond substituents is 1. The van der Waals surface area contributed by atoms with Crippen LogP contribution in [0.1, 0.15) is 5.56 Å². The van der Waals surface area contributed by atoms with E-state index in [2.05, 4.69) is 0 Å². The Morgan fingerprint density at radius 1 is 1.05 bits per heavy atom. The van der Waals surface area contributed by atoms with Crippen LogP contribution in [-0.4, -0.2) is 74.6 Å². The number of aliphatic hydroxyl groups excluding tert-OH is 5. The highest BCUT2D eigenvalue weighted by atomic mass is 16.7. The van der Waals surface area contributed by atoms with Gasteiger partial charge in [-0.1, -0.05) is 6.07 Å². The normalized spacial score (nSPS) is 32.0. The first kappa shape index (κ1) is 16.9. The third-order valence-electron chi connectivity index (χ3n) is 3.52. The second kappa shape index (κ2) is 7.23. The molecule has 0 radical (unpaired) electrons. The van der Waals surface area contributed by atoms with Crippen molar-refractivity contribution in [2.45, 2.75) is 37.1 Å². The van der Waals surface area contributed by atoms with Gasteiger partial charge in [-0.05, 0) is 24.1 Å². The highest BCUT2D eigenvalue weighted by molar-refractivity contribution is 5.42. The average Bonchev–Trinajstić information content (AvgIpc) is 2.51. The van der Waals surface area contributed by atoms with Crippen LogP contribution in [0.2, 0.25) is 0 Å². The molecule has 0 bridgehead atoms. The summed E-state index contributed by atoms with van der Waals surface area (Å²) in [7, 11) is 0. The van der Waals surface area contributed by atoms with Gasteiger partial charge in [0.2, 0.25) is 6.29 Å². The second-order valence-electron chi connectivity index (χ2n) is 5.09. The Balaban J connectivity index is 2.16. The van der Waals surface area contributed by atoms with Crippen LogP contribution in [0.5, 0.6) is 11.5 Å². The molecule has 0 spiro atoms. The monoisotopic (exact) mass is 316 g/mol. The molecule has 1 aromatic rings. The van der Waals surface area contributed by atoms with Crippen molar-refractivity contribution in [3.8, 4) is 11.5 Å². The fourth-order valence-corrected chi connectivity index (χ4v) is 2.23. The van der Waals surface area contributed by atoms with Gasteiger partial charge in [-0.15, -0.1) is 0 Å². The smallest absolute Gasteiger partial charge is 0.229 e. The van der Waals surface area contributed by atoms with Crippen molar-refractivity contribution in [3.63, 3.8) is 0 Å². The van der Waals surface area contributed by atoms with Gasteiger partial charge < -0.3 is 40.1 Å². The highest BCUT2D eigenvalue weighted by Crippen LogP contribution is 2.31. The molecule has 0 saturated carbocycles. The first-order valence-electron chi connectivity index (χ1n) is 6.88. The molecule has 1 saturated heterocycles. The predicted molar refractivity (Wildman–Crippen MR) is 73.3 cm³/mol. The standard InChI is InChI=1S/C14H20O8/c15-4-3-7-1-2-8(17)9(5-7)21-14-13(20)12(19)11(18)10(6-16)22-14/h1-2,5,10-20H,3-4,6H2/t10-,11+,12+,13-,14+/m1/s1. The molecule has 0 unspecified atom stereocenters. The fourth-order valence-electron chi connectivity index (χ4n) is 2.23. The van der Waals surface area contributed by atoms with E-state index in [-0.39, 0.29) is 18.1 Å². The van der Waals surface area contributed by atoms with Crippen molar-refractivity contribution in [2.24, 2.45) is 0 Å². The number of phenols is 1. The molecule has 8 heteroatoms. The third-order valence-corrected chi connectivity index (χ3v) is 3.52. The van der Waals surface area contributed by atoms with Crippen LogP contribution in [0.15, 0.2) is 18.2 Å². The molecule has 1 fully saturated rings. The quantitative estimate of drug-likeness (QED) is 0.370. The van der Waals surface area contributed by atoms with Gasteiger partial charge in [0.1, 0.15) is 24.4 Å². The van der Waals surface area contributed by atoms with E-state index in [9.17, 15) is 20.4 Å². The van der Waals surface area contributed by atoms with Gasteiger partial charge in [-0.25, -0.2) is 0 Å². The predicted octanol–water partition coefficient (Wildman–Crippen LogP) is -1.89. The summed E-state index contributed by atoms with van der Waals surface area (Å²) in [5, 5.41) is 57.1. The minimum absolute atomic E-state index is 0.00437. The topological polar surface area (TPSA) is 140 Å². The summed E-state index contributed by atoms with van der Waals surface area (Å²) in [5.41, 5.74) is 0.694. The molecule has 8 nitrogen and oxygen atoms in total. The molecule has 1 aliphatic heterocycles. The molecule has 6 N–H and O–H groups in total. The summed E-state index contributed by atoms with van der Waals surface area (Å²) in [6, 6.07) is 4.43. The van der Waals surface area contributed by atoms with Crippen LogP contribution in [0, 0.1) is 0 Å². The van der Waals surface area contributed by atoms with E-state index in [1.165, 1.54) is 12.1 Å². The Morgan fingerprint density at radius 2 is 1.77 bits per heavy atom. The fraction of sp³-hybridized carbons (Fsp3) is 0.571. The minimum Gasteiger partial charge on any atom is -0.504 e. The Morgan fingerprint density at radius 3 is 2.41 bits per heavy atom. The largest absolute Gasteiger partial charge is 0.504 e. The van der Waals surface area contributed by atoms with Gasteiger partial charge in [-0.2, -0.15) is 0 Å². The SMILES string of the molecule is OCCc1ccc(O)c(O[C@H]2O[C@H](CO)[C@H](O)[C@H](O)[C@H]2O)c1. The lowest BCUT2D eigenvalue weighted by Crippen LogP contribution is -2.60. The van der Waals surface area contributed by atoms with E-state index < -0.39 is 37.3 Å². The second-order valence-corrected chi connectivity index (χ2v) is 5.09. The zero-order valence-corrected chi connectivity index (χ0v) is 11.7. The molecule has 124 valence electrons. The van der Waals surface area contributed by atoms with Gasteiger partial charge in [0.05, 0.1) is 6.61 Å². The van der Waals surface area contributed by atoms with Crippen LogP contribution in [0.4, 0.5) is 0 Å². The van der Waals surface area contributed by atoms with E-state index >= 15 is 0 Å². The number of hydrogen-bond donors (Lipinski definition) is 6. The molecule has 0 aliphatic carbocycles. The summed E-state index contributed by atoms with van der Waals surface area (Å²) in [6.45, 7) is -0.647. The van der Waals surface area contributed by atoms with E-state index in [1.807, 2.05) is 0 Å². The molecule has 2 rings (SSSR count). The molecule has 22 heavy (non-hydrogen) atoms. The number of aromatic hydroxyl groups is 1. The summed E-state index contributed by atoms with van der Waals surface area (Å²) < 4.78 is 10.5. The zero-order valence-electron chi connectivity index (χ0n) is 11.7. The Kier molecular flexibility index (Phi) is 5.57. The van der Waals surface area contributed by atoms with Crippen LogP contribution in [0.25, 0.3) is 0 Å². The Bertz CT molecular complexity index is 492. The van der Waals surface area contributed by atoms with Gasteiger partial charge in [0, 0.05) is 6.61 Å². The molecule has 0 aromatic heterocycles. The first-order valence-corrected chi connectivity index (χ1v) is 6.88. The van der Waals surface area contributed by atoms with E-state index in [0.717, 1.165) is 0 Å². The van der Waals surface area contributed by atoms with Crippen molar-refractivity contribution in [1.82, 2.24) is 0 Å². The molecule has 5 atom stereocenters.